The van der Waals surface area contributed by atoms with Crippen LogP contribution in [-0.4, -0.2) is 67.7 Å². The number of hydrogen-bond acceptors (Lipinski definition) is 7. The van der Waals surface area contributed by atoms with Crippen molar-refractivity contribution >= 4 is 32.7 Å². The summed E-state index contributed by atoms with van der Waals surface area (Å²) in [4.78, 5) is 26.4. The predicted molar refractivity (Wildman–Crippen MR) is 124 cm³/mol. The van der Waals surface area contributed by atoms with Gasteiger partial charge in [0, 0.05) is 31.4 Å². The Labute approximate surface area is 196 Å². The van der Waals surface area contributed by atoms with E-state index in [-0.39, 0.29) is 17.0 Å². The van der Waals surface area contributed by atoms with Crippen molar-refractivity contribution in [3.63, 3.8) is 0 Å². The third-order valence-electron chi connectivity index (χ3n) is 6.49. The number of aromatic carboxylic acids is 1. The molecule has 1 aliphatic carbocycles. The van der Waals surface area contributed by atoms with Crippen LogP contribution in [0.25, 0.3) is 10.9 Å². The fourth-order valence-electron chi connectivity index (χ4n) is 4.95. The number of pyridine rings is 1. The summed E-state index contributed by atoms with van der Waals surface area (Å²) in [7, 11) is -2.19. The first kappa shape index (κ1) is 24.4. The molecule has 1 aromatic carbocycles. The van der Waals surface area contributed by atoms with Crippen LogP contribution in [0.15, 0.2) is 17.1 Å². The first-order valence-corrected chi connectivity index (χ1v) is 12.9. The number of piperidine rings is 1. The van der Waals surface area contributed by atoms with Gasteiger partial charge in [0.25, 0.3) is 10.1 Å². The van der Waals surface area contributed by atoms with Crippen molar-refractivity contribution in [1.29, 1.82) is 0 Å². The molecule has 2 aromatic rings. The Hall–Kier alpha value is -2.70. The molecule has 10 nitrogen and oxygen atoms in total. The molecule has 2 aliphatic heterocycles. The minimum atomic E-state index is -3.67. The molecule has 3 heterocycles. The van der Waals surface area contributed by atoms with E-state index in [0.29, 0.717) is 41.7 Å². The van der Waals surface area contributed by atoms with Gasteiger partial charge in [-0.15, -0.1) is 0 Å². The van der Waals surface area contributed by atoms with E-state index in [2.05, 4.69) is 5.32 Å². The normalized spacial score (nSPS) is 22.2. The van der Waals surface area contributed by atoms with E-state index in [1.807, 2.05) is 4.90 Å². The number of benzene rings is 1. The van der Waals surface area contributed by atoms with Gasteiger partial charge in [0.15, 0.2) is 11.6 Å². The van der Waals surface area contributed by atoms with Gasteiger partial charge in [-0.2, -0.15) is 8.42 Å². The van der Waals surface area contributed by atoms with Crippen molar-refractivity contribution in [2.24, 2.45) is 5.92 Å². The zero-order valence-corrected chi connectivity index (χ0v) is 19.8. The summed E-state index contributed by atoms with van der Waals surface area (Å²) in [6.07, 6.45) is 6.12. The summed E-state index contributed by atoms with van der Waals surface area (Å²) < 4.78 is 48.7. The van der Waals surface area contributed by atoms with Crippen LogP contribution in [0, 0.1) is 11.7 Å². The zero-order chi connectivity index (χ0) is 24.8. The van der Waals surface area contributed by atoms with E-state index < -0.39 is 27.3 Å². The lowest BCUT2D eigenvalue weighted by Gasteiger charge is -2.25. The van der Waals surface area contributed by atoms with Gasteiger partial charge >= 0.3 is 5.97 Å². The average molecular weight is 498 g/mol. The number of ether oxygens (including phenoxy) is 1. The smallest absolute Gasteiger partial charge is 0.341 e. The van der Waals surface area contributed by atoms with Gasteiger partial charge < -0.3 is 24.6 Å². The first-order chi connectivity index (χ1) is 16.0. The SMILES string of the molecule is COc1c(N2C[C@@H]3CCCN[C@@H]3C2)c(F)cc2c(=O)c(C(=O)O)cn(C3CC3)c12.CS(=O)(=O)O. The Balaban J connectivity index is 0.000000499. The van der Waals surface area contributed by atoms with E-state index in [0.717, 1.165) is 38.8 Å². The Bertz CT molecular complexity index is 1270. The molecule has 0 unspecified atom stereocenters. The number of carboxylic acids is 1. The molecule has 12 heteroatoms. The van der Waals surface area contributed by atoms with Gasteiger partial charge in [-0.3, -0.25) is 9.35 Å². The zero-order valence-electron chi connectivity index (χ0n) is 19.0. The highest BCUT2D eigenvalue weighted by atomic mass is 32.2. The van der Waals surface area contributed by atoms with Gasteiger partial charge in [0.05, 0.1) is 24.3 Å². The fraction of sp³-hybridized carbons (Fsp3) is 0.545. The first-order valence-electron chi connectivity index (χ1n) is 11.1. The standard InChI is InChI=1S/C21H24FN3O4.CH4O3S/c1-29-20-17-13(19(26)14(21(27)28)9-25(17)12-4-5-12)7-15(22)18(20)24-8-11-3-2-6-23-16(11)10-24;1-5(2,3)4/h7,9,11-12,16,23H,2-6,8,10H2,1H3,(H,27,28);1H3,(H,2,3,4)/t11-,16+;/m0./s1. The van der Waals surface area contributed by atoms with E-state index >= 15 is 4.39 Å². The number of aromatic nitrogens is 1. The van der Waals surface area contributed by atoms with E-state index in [9.17, 15) is 23.1 Å². The molecule has 0 spiro atoms. The fourth-order valence-corrected chi connectivity index (χ4v) is 4.95. The van der Waals surface area contributed by atoms with Crippen LogP contribution in [0.3, 0.4) is 0 Å². The number of carbonyl (C=O) groups is 1. The average Bonchev–Trinajstić information content (AvgIpc) is 3.50. The number of rotatable bonds is 4. The maximum Gasteiger partial charge on any atom is 0.341 e. The Morgan fingerprint density at radius 2 is 1.94 bits per heavy atom. The number of fused-ring (bicyclic) bond motifs is 2. The summed E-state index contributed by atoms with van der Waals surface area (Å²) in [6, 6.07) is 1.62. The topological polar surface area (TPSA) is 138 Å². The van der Waals surface area contributed by atoms with E-state index in [1.54, 1.807) is 4.57 Å². The largest absolute Gasteiger partial charge is 0.492 e. The third kappa shape index (κ3) is 4.89. The molecule has 3 N–H and O–H groups in total. The van der Waals surface area contributed by atoms with Crippen LogP contribution >= 0.6 is 0 Å². The van der Waals surface area contributed by atoms with Crippen LogP contribution in [0.2, 0.25) is 0 Å². The van der Waals surface area contributed by atoms with Crippen molar-refractivity contribution < 1.29 is 32.0 Å². The second kappa shape index (κ2) is 9.16. The Morgan fingerprint density at radius 3 is 2.50 bits per heavy atom. The second-order valence-corrected chi connectivity index (χ2v) is 10.5. The quantitative estimate of drug-likeness (QED) is 0.541. The lowest BCUT2D eigenvalue weighted by atomic mass is 9.94. The molecule has 0 amide bonds. The minimum Gasteiger partial charge on any atom is -0.492 e. The lowest BCUT2D eigenvalue weighted by molar-refractivity contribution is 0.0694. The second-order valence-electron chi connectivity index (χ2n) is 9.05. The highest BCUT2D eigenvalue weighted by Gasteiger charge is 2.38. The molecular formula is C22H28FN3O7S. The molecule has 34 heavy (non-hydrogen) atoms. The molecule has 0 bridgehead atoms. The monoisotopic (exact) mass is 497 g/mol. The minimum absolute atomic E-state index is 0.0599. The summed E-state index contributed by atoms with van der Waals surface area (Å²) in [6.45, 7) is 2.40. The molecule has 0 radical (unpaired) electrons. The third-order valence-corrected chi connectivity index (χ3v) is 6.49. The van der Waals surface area contributed by atoms with Crippen LogP contribution in [0.1, 0.15) is 42.1 Å². The summed E-state index contributed by atoms with van der Waals surface area (Å²) in [5.74, 6) is -1.07. The van der Waals surface area contributed by atoms with Gasteiger partial charge in [-0.05, 0) is 44.2 Å². The Kier molecular flexibility index (Phi) is 6.58. The van der Waals surface area contributed by atoms with Crippen molar-refractivity contribution in [1.82, 2.24) is 9.88 Å². The van der Waals surface area contributed by atoms with Crippen molar-refractivity contribution in [3.05, 3.63) is 33.9 Å². The molecule has 3 fully saturated rings. The number of nitrogens with one attached hydrogen (secondary N) is 1. The highest BCUT2D eigenvalue weighted by Crippen LogP contribution is 2.45. The molecule has 5 rings (SSSR count). The van der Waals surface area contributed by atoms with Gasteiger partial charge in [-0.1, -0.05) is 0 Å². The number of halogens is 1. The van der Waals surface area contributed by atoms with Gasteiger partial charge in [0.2, 0.25) is 5.43 Å². The predicted octanol–water partition coefficient (Wildman–Crippen LogP) is 1.87. The number of methoxy groups -OCH3 is 1. The van der Waals surface area contributed by atoms with Crippen molar-refractivity contribution in [2.45, 2.75) is 37.8 Å². The lowest BCUT2D eigenvalue weighted by Crippen LogP contribution is -2.40. The Morgan fingerprint density at radius 1 is 1.26 bits per heavy atom. The molecule has 3 aliphatic rings. The van der Waals surface area contributed by atoms with Gasteiger partial charge in [0.1, 0.15) is 11.3 Å². The van der Waals surface area contributed by atoms with E-state index in [1.165, 1.54) is 19.4 Å². The highest BCUT2D eigenvalue weighted by molar-refractivity contribution is 7.85. The molecule has 186 valence electrons. The van der Waals surface area contributed by atoms with Gasteiger partial charge in [-0.25, -0.2) is 9.18 Å². The van der Waals surface area contributed by atoms with Crippen molar-refractivity contribution in [3.8, 4) is 5.75 Å². The van der Waals surface area contributed by atoms with Crippen LogP contribution < -0.4 is 20.4 Å². The van der Waals surface area contributed by atoms with Crippen LogP contribution in [0.4, 0.5) is 10.1 Å². The number of nitrogens with zero attached hydrogens (tertiary/aromatic N) is 2. The maximum atomic E-state index is 15.3. The molecule has 2 saturated heterocycles. The number of hydrogen-bond donors (Lipinski definition) is 3. The summed E-state index contributed by atoms with van der Waals surface area (Å²) in [5, 5.41) is 13.0. The number of anilines is 1. The molecular weight excluding hydrogens is 469 g/mol. The molecule has 1 aromatic heterocycles. The van der Waals surface area contributed by atoms with Crippen LogP contribution in [-0.2, 0) is 10.1 Å². The maximum absolute atomic E-state index is 15.3. The summed E-state index contributed by atoms with van der Waals surface area (Å²) in [5.41, 5.74) is -0.155. The van der Waals surface area contributed by atoms with Crippen molar-refractivity contribution in [2.75, 3.05) is 37.9 Å². The molecule has 1 saturated carbocycles. The number of carboxylic acid groups (broad SMARTS) is 1. The molecule has 2 atom stereocenters. The van der Waals surface area contributed by atoms with E-state index in [4.69, 9.17) is 9.29 Å². The summed E-state index contributed by atoms with van der Waals surface area (Å²) >= 11 is 0. The van der Waals surface area contributed by atoms with Crippen LogP contribution in [0.5, 0.6) is 5.75 Å².